The summed E-state index contributed by atoms with van der Waals surface area (Å²) in [4.78, 5) is 4.54. The molecule has 1 aromatic carbocycles. The number of pyridine rings is 1. The van der Waals surface area contributed by atoms with Crippen molar-refractivity contribution in [1.82, 2.24) is 14.9 Å². The lowest BCUT2D eigenvalue weighted by Gasteiger charge is -2.27. The van der Waals surface area contributed by atoms with E-state index in [1.165, 1.54) is 9.13 Å². The summed E-state index contributed by atoms with van der Waals surface area (Å²) in [6.45, 7) is 5.32. The van der Waals surface area contributed by atoms with Crippen LogP contribution in [0.4, 0.5) is 0 Å². The second kappa shape index (κ2) is 8.85. The minimum Gasteiger partial charge on any atom is -0.489 e. The summed E-state index contributed by atoms with van der Waals surface area (Å²) < 4.78 is 9.44. The van der Waals surface area contributed by atoms with E-state index in [-0.39, 0.29) is 6.10 Å². The number of nitrogens with zero attached hydrogens (tertiary/aromatic N) is 2. The first kappa shape index (κ1) is 20.4. The predicted molar refractivity (Wildman–Crippen MR) is 123 cm³/mol. The van der Waals surface area contributed by atoms with Crippen LogP contribution in [0.25, 0.3) is 5.82 Å². The monoisotopic (exact) mass is 503 g/mol. The Labute approximate surface area is 185 Å². The molecule has 1 aliphatic heterocycles. The van der Waals surface area contributed by atoms with Crippen LogP contribution in [0.15, 0.2) is 48.7 Å². The van der Waals surface area contributed by atoms with E-state index >= 15 is 0 Å². The van der Waals surface area contributed by atoms with E-state index in [9.17, 15) is 5.11 Å². The third kappa shape index (κ3) is 4.65. The normalized spacial score (nSPS) is 16.9. The van der Waals surface area contributed by atoms with E-state index in [0.717, 1.165) is 47.9 Å². The summed E-state index contributed by atoms with van der Waals surface area (Å²) in [7, 11) is 0. The topological polar surface area (TPSA) is 59.3 Å². The molecule has 5 nitrogen and oxygen atoms in total. The molecule has 0 radical (unpaired) electrons. The number of fused-ring (bicyclic) bond motifs is 1. The lowest BCUT2D eigenvalue weighted by Crippen LogP contribution is -2.36. The summed E-state index contributed by atoms with van der Waals surface area (Å²) in [5.41, 5.74) is 4.39. The van der Waals surface area contributed by atoms with Crippen molar-refractivity contribution >= 4 is 22.6 Å². The van der Waals surface area contributed by atoms with Gasteiger partial charge in [-0.05, 0) is 91.2 Å². The van der Waals surface area contributed by atoms with Gasteiger partial charge in [-0.2, -0.15) is 0 Å². The number of rotatable bonds is 6. The Morgan fingerprint density at radius 3 is 2.72 bits per heavy atom. The molecule has 2 N–H and O–H groups in total. The van der Waals surface area contributed by atoms with E-state index in [2.05, 4.69) is 81.6 Å². The first-order valence-corrected chi connectivity index (χ1v) is 11.0. The Morgan fingerprint density at radius 2 is 2.00 bits per heavy atom. The Hall–Kier alpha value is -1.90. The van der Waals surface area contributed by atoms with Gasteiger partial charge in [-0.1, -0.05) is 6.07 Å². The molecule has 0 saturated heterocycles. The first-order chi connectivity index (χ1) is 14.0. The van der Waals surface area contributed by atoms with Gasteiger partial charge in [-0.3, -0.25) is 0 Å². The number of ether oxygens (including phenoxy) is 1. The Morgan fingerprint density at radius 1 is 1.21 bits per heavy atom. The Kier molecular flexibility index (Phi) is 6.22. The van der Waals surface area contributed by atoms with Crippen LogP contribution in [-0.4, -0.2) is 33.9 Å². The molecule has 2 atom stereocenters. The molecule has 3 heterocycles. The molecule has 0 bridgehead atoms. The lowest BCUT2D eigenvalue weighted by atomic mass is 10.0. The Bertz CT molecular complexity index is 965. The van der Waals surface area contributed by atoms with Gasteiger partial charge in [0.15, 0.2) is 0 Å². The molecule has 0 unspecified atom stereocenters. The van der Waals surface area contributed by atoms with Crippen LogP contribution in [0.3, 0.4) is 0 Å². The fraction of sp³-hybridized carbons (Fsp3) is 0.348. The van der Waals surface area contributed by atoms with Gasteiger partial charge in [0.25, 0.3) is 0 Å². The fourth-order valence-corrected chi connectivity index (χ4v) is 4.37. The van der Waals surface area contributed by atoms with Gasteiger partial charge in [-0.25, -0.2) is 4.98 Å². The molecular formula is C23H26IN3O2. The molecule has 0 aliphatic carbocycles. The van der Waals surface area contributed by atoms with Crippen molar-refractivity contribution < 1.29 is 9.84 Å². The van der Waals surface area contributed by atoms with Gasteiger partial charge in [-0.15, -0.1) is 0 Å². The van der Waals surface area contributed by atoms with Crippen LogP contribution < -0.4 is 10.1 Å². The van der Waals surface area contributed by atoms with E-state index in [4.69, 9.17) is 4.74 Å². The zero-order valence-electron chi connectivity index (χ0n) is 16.7. The van der Waals surface area contributed by atoms with Crippen molar-refractivity contribution in [3.8, 4) is 11.6 Å². The number of benzene rings is 1. The number of aromatic nitrogens is 2. The van der Waals surface area contributed by atoms with Crippen molar-refractivity contribution in [2.45, 2.75) is 38.9 Å². The zero-order chi connectivity index (χ0) is 20.4. The van der Waals surface area contributed by atoms with Gasteiger partial charge in [0.05, 0.1) is 6.10 Å². The fourth-order valence-electron chi connectivity index (χ4n) is 3.81. The molecule has 152 valence electrons. The van der Waals surface area contributed by atoms with E-state index in [0.29, 0.717) is 6.54 Å². The molecule has 0 amide bonds. The highest BCUT2D eigenvalue weighted by atomic mass is 127. The zero-order valence-corrected chi connectivity index (χ0v) is 18.9. The van der Waals surface area contributed by atoms with Crippen LogP contribution in [-0.2, 0) is 6.42 Å². The van der Waals surface area contributed by atoms with Crippen LogP contribution in [0, 0.1) is 17.4 Å². The molecule has 3 aromatic rings. The molecule has 6 heteroatoms. The van der Waals surface area contributed by atoms with Crippen molar-refractivity contribution in [3.63, 3.8) is 0 Å². The first-order valence-electron chi connectivity index (χ1n) is 9.96. The molecule has 0 fully saturated rings. The summed E-state index contributed by atoms with van der Waals surface area (Å²) in [5, 5.41) is 13.9. The maximum absolute atomic E-state index is 10.5. The van der Waals surface area contributed by atoms with E-state index < -0.39 is 6.10 Å². The van der Waals surface area contributed by atoms with Gasteiger partial charge in [0, 0.05) is 39.8 Å². The highest BCUT2D eigenvalue weighted by Gasteiger charge is 2.20. The third-order valence-electron chi connectivity index (χ3n) is 5.42. The summed E-state index contributed by atoms with van der Waals surface area (Å²) >= 11 is 2.33. The molecule has 0 spiro atoms. The number of aryl methyl sites for hydroxylation is 3. The molecule has 0 saturated carbocycles. The SMILES string of the molecule is Cc1ccc(C)n1-c1ccc([C@@H](O)CNC[C@H]2CCc3cc(I)ccc3O2)cn1. The third-order valence-corrected chi connectivity index (χ3v) is 6.09. The van der Waals surface area contributed by atoms with Crippen molar-refractivity contribution in [1.29, 1.82) is 0 Å². The van der Waals surface area contributed by atoms with Gasteiger partial charge >= 0.3 is 0 Å². The lowest BCUT2D eigenvalue weighted by molar-refractivity contribution is 0.146. The predicted octanol–water partition coefficient (Wildman–Crippen LogP) is 4.11. The van der Waals surface area contributed by atoms with Gasteiger partial charge in [0.1, 0.15) is 17.7 Å². The largest absolute Gasteiger partial charge is 0.489 e. The smallest absolute Gasteiger partial charge is 0.136 e. The van der Waals surface area contributed by atoms with E-state index in [1.807, 2.05) is 12.1 Å². The molecular weight excluding hydrogens is 477 g/mol. The van der Waals surface area contributed by atoms with Gasteiger partial charge < -0.3 is 19.7 Å². The van der Waals surface area contributed by atoms with Crippen LogP contribution in [0.5, 0.6) is 5.75 Å². The van der Waals surface area contributed by atoms with E-state index in [1.54, 1.807) is 6.20 Å². The highest BCUT2D eigenvalue weighted by molar-refractivity contribution is 14.1. The average molecular weight is 503 g/mol. The van der Waals surface area contributed by atoms with Crippen molar-refractivity contribution in [3.05, 3.63) is 74.7 Å². The standard InChI is InChI=1S/C23H26IN3O2/c1-15-3-4-16(2)27(15)23-10-6-18(12-26-23)21(28)14-25-13-20-8-5-17-11-19(24)7-9-22(17)29-20/h3-4,6-7,9-12,20-21,25,28H,5,8,13-14H2,1-2H3/t20-,21+/m1/s1. The molecule has 1 aliphatic rings. The average Bonchev–Trinajstić information content (AvgIpc) is 3.06. The van der Waals surface area contributed by atoms with Crippen molar-refractivity contribution in [2.75, 3.05) is 13.1 Å². The number of nitrogens with one attached hydrogen (secondary N) is 1. The number of aliphatic hydroxyl groups is 1. The summed E-state index contributed by atoms with van der Waals surface area (Å²) in [6, 6.07) is 14.4. The second-order valence-electron chi connectivity index (χ2n) is 7.61. The van der Waals surface area contributed by atoms with Crippen LogP contribution >= 0.6 is 22.6 Å². The molecule has 2 aromatic heterocycles. The minimum atomic E-state index is -0.596. The van der Waals surface area contributed by atoms with Crippen molar-refractivity contribution in [2.24, 2.45) is 0 Å². The highest BCUT2D eigenvalue weighted by Crippen LogP contribution is 2.28. The Balaban J connectivity index is 1.30. The summed E-state index contributed by atoms with van der Waals surface area (Å²) in [5.74, 6) is 1.86. The second-order valence-corrected chi connectivity index (χ2v) is 8.85. The molecule has 4 rings (SSSR count). The van der Waals surface area contributed by atoms with Crippen LogP contribution in [0.1, 0.15) is 35.0 Å². The van der Waals surface area contributed by atoms with Crippen LogP contribution in [0.2, 0.25) is 0 Å². The minimum absolute atomic E-state index is 0.134. The number of hydrogen-bond acceptors (Lipinski definition) is 4. The van der Waals surface area contributed by atoms with Gasteiger partial charge in [0.2, 0.25) is 0 Å². The summed E-state index contributed by atoms with van der Waals surface area (Å²) in [6.07, 6.45) is 3.32. The quantitative estimate of drug-likeness (QED) is 0.498. The number of hydrogen-bond donors (Lipinski definition) is 2. The number of aliphatic hydroxyl groups excluding tert-OH is 1. The maximum Gasteiger partial charge on any atom is 0.136 e. The maximum atomic E-state index is 10.5. The number of halogens is 1. The molecule has 29 heavy (non-hydrogen) atoms.